The van der Waals surface area contributed by atoms with Crippen molar-refractivity contribution in [2.24, 2.45) is 0 Å². The molecule has 0 amide bonds. The third-order valence-electron chi connectivity index (χ3n) is 2.53. The van der Waals surface area contributed by atoms with E-state index >= 15 is 0 Å². The number of benzene rings is 1. The summed E-state index contributed by atoms with van der Waals surface area (Å²) in [6, 6.07) is 6.62. The van der Waals surface area contributed by atoms with E-state index in [1.54, 1.807) is 18.2 Å². The standard InChI is InChI=1S/C11H10F2O/c12-11(13)7-3-5-8-4-1-2-6-9(8)10(11)14/h1-2,4,6H,3,5,7H2. The lowest BCUT2D eigenvalue weighted by molar-refractivity contribution is 0.00524. The number of carbonyl (C=O) groups is 1. The zero-order valence-electron chi connectivity index (χ0n) is 7.59. The highest BCUT2D eigenvalue weighted by atomic mass is 19.3. The van der Waals surface area contributed by atoms with E-state index in [1.165, 1.54) is 6.07 Å². The van der Waals surface area contributed by atoms with Gasteiger partial charge in [-0.15, -0.1) is 0 Å². The van der Waals surface area contributed by atoms with Crippen LogP contribution < -0.4 is 0 Å². The van der Waals surface area contributed by atoms with Gasteiger partial charge in [-0.3, -0.25) is 4.79 Å². The van der Waals surface area contributed by atoms with E-state index in [9.17, 15) is 13.6 Å². The Kier molecular flexibility index (Phi) is 2.10. The van der Waals surface area contributed by atoms with E-state index in [2.05, 4.69) is 0 Å². The van der Waals surface area contributed by atoms with E-state index in [4.69, 9.17) is 0 Å². The van der Waals surface area contributed by atoms with Crippen molar-refractivity contribution < 1.29 is 13.6 Å². The maximum absolute atomic E-state index is 13.2. The van der Waals surface area contributed by atoms with Crippen LogP contribution in [-0.4, -0.2) is 11.7 Å². The molecule has 0 spiro atoms. The summed E-state index contributed by atoms with van der Waals surface area (Å²) < 4.78 is 26.4. The van der Waals surface area contributed by atoms with E-state index < -0.39 is 11.7 Å². The van der Waals surface area contributed by atoms with Gasteiger partial charge in [-0.2, -0.15) is 8.78 Å². The molecule has 0 bridgehead atoms. The van der Waals surface area contributed by atoms with Crippen LogP contribution in [0.3, 0.4) is 0 Å². The number of alkyl halides is 2. The van der Waals surface area contributed by atoms with Crippen molar-refractivity contribution in [1.82, 2.24) is 0 Å². The predicted molar refractivity (Wildman–Crippen MR) is 48.7 cm³/mol. The molecule has 1 nitrogen and oxygen atoms in total. The number of hydrogen-bond donors (Lipinski definition) is 0. The third-order valence-corrected chi connectivity index (χ3v) is 2.53. The molecule has 0 saturated heterocycles. The quantitative estimate of drug-likeness (QED) is 0.583. The predicted octanol–water partition coefficient (Wildman–Crippen LogP) is 2.84. The molecule has 0 unspecified atom stereocenters. The summed E-state index contributed by atoms with van der Waals surface area (Å²) in [5.74, 6) is -4.20. The molecule has 0 aromatic heterocycles. The van der Waals surface area contributed by atoms with E-state index in [0.717, 1.165) is 5.56 Å². The first-order chi connectivity index (χ1) is 6.61. The van der Waals surface area contributed by atoms with Gasteiger partial charge in [-0.1, -0.05) is 24.3 Å². The summed E-state index contributed by atoms with van der Waals surface area (Å²) in [6.45, 7) is 0. The molecule has 0 aliphatic heterocycles. The Bertz CT molecular complexity index is 371. The van der Waals surface area contributed by atoms with Crippen molar-refractivity contribution >= 4 is 5.78 Å². The average Bonchev–Trinajstić information content (AvgIpc) is 2.27. The highest BCUT2D eigenvalue weighted by Crippen LogP contribution is 2.31. The number of ketones is 1. The molecule has 3 heteroatoms. The summed E-state index contributed by atoms with van der Waals surface area (Å²) in [7, 11) is 0. The summed E-state index contributed by atoms with van der Waals surface area (Å²) >= 11 is 0. The molecule has 2 rings (SSSR count). The number of fused-ring (bicyclic) bond motifs is 1. The van der Waals surface area contributed by atoms with Crippen molar-refractivity contribution in [1.29, 1.82) is 0 Å². The van der Waals surface area contributed by atoms with Gasteiger partial charge in [0.1, 0.15) is 0 Å². The van der Waals surface area contributed by atoms with Gasteiger partial charge in [0.25, 0.3) is 0 Å². The minimum absolute atomic E-state index is 0.190. The maximum atomic E-state index is 13.2. The van der Waals surface area contributed by atoms with Crippen molar-refractivity contribution in [2.75, 3.05) is 0 Å². The zero-order valence-corrected chi connectivity index (χ0v) is 7.59. The smallest absolute Gasteiger partial charge is 0.287 e. The summed E-state index contributed by atoms with van der Waals surface area (Å²) in [5, 5.41) is 0. The molecule has 0 atom stereocenters. The van der Waals surface area contributed by atoms with Crippen LogP contribution in [0.15, 0.2) is 24.3 Å². The second kappa shape index (κ2) is 3.15. The number of hydrogen-bond acceptors (Lipinski definition) is 1. The number of halogens is 2. The van der Waals surface area contributed by atoms with E-state index in [1.807, 2.05) is 0 Å². The fourth-order valence-corrected chi connectivity index (χ4v) is 1.77. The molecule has 0 heterocycles. The summed E-state index contributed by atoms with van der Waals surface area (Å²) in [6.07, 6.45) is 0.605. The highest BCUT2D eigenvalue weighted by molar-refractivity contribution is 6.02. The molecule has 1 aromatic rings. The number of aryl methyl sites for hydroxylation is 1. The zero-order chi connectivity index (χ0) is 10.2. The minimum Gasteiger partial charge on any atom is -0.287 e. The van der Waals surface area contributed by atoms with Gasteiger partial charge in [-0.25, -0.2) is 0 Å². The van der Waals surface area contributed by atoms with Crippen LogP contribution >= 0.6 is 0 Å². The average molecular weight is 196 g/mol. The molecule has 0 N–H and O–H groups in total. The van der Waals surface area contributed by atoms with Crippen LogP contribution in [0.5, 0.6) is 0 Å². The third kappa shape index (κ3) is 1.43. The second-order valence-corrected chi connectivity index (χ2v) is 3.54. The van der Waals surface area contributed by atoms with Crippen LogP contribution in [0.1, 0.15) is 28.8 Å². The molecule has 1 aliphatic carbocycles. The van der Waals surface area contributed by atoms with Crippen LogP contribution in [0.2, 0.25) is 0 Å². The van der Waals surface area contributed by atoms with E-state index in [0.29, 0.717) is 12.8 Å². The van der Waals surface area contributed by atoms with Gasteiger partial charge in [0, 0.05) is 12.0 Å². The molecular weight excluding hydrogens is 186 g/mol. The van der Waals surface area contributed by atoms with Crippen molar-refractivity contribution in [3.05, 3.63) is 35.4 Å². The molecule has 0 saturated carbocycles. The Balaban J connectivity index is 2.51. The summed E-state index contributed by atoms with van der Waals surface area (Å²) in [5.41, 5.74) is 0.935. The lowest BCUT2D eigenvalue weighted by atomic mass is 10.0. The van der Waals surface area contributed by atoms with Crippen molar-refractivity contribution in [3.63, 3.8) is 0 Å². The Morgan fingerprint density at radius 1 is 1.21 bits per heavy atom. The van der Waals surface area contributed by atoms with Crippen LogP contribution in [0.25, 0.3) is 0 Å². The molecular formula is C11H10F2O. The second-order valence-electron chi connectivity index (χ2n) is 3.54. The Labute approximate surface area is 80.7 Å². The number of rotatable bonds is 0. The number of carbonyl (C=O) groups excluding carboxylic acids is 1. The minimum atomic E-state index is -3.17. The molecule has 1 aliphatic rings. The van der Waals surface area contributed by atoms with Gasteiger partial charge in [0.2, 0.25) is 5.78 Å². The number of Topliss-reactive ketones (excluding diaryl/α,β-unsaturated/α-hetero) is 1. The van der Waals surface area contributed by atoms with Crippen LogP contribution in [0, 0.1) is 0 Å². The SMILES string of the molecule is O=C1c2ccccc2CCCC1(F)F. The normalized spacial score (nSPS) is 20.0. The summed E-state index contributed by atoms with van der Waals surface area (Å²) in [4.78, 5) is 11.4. The Morgan fingerprint density at radius 2 is 1.93 bits per heavy atom. The molecule has 74 valence electrons. The fourth-order valence-electron chi connectivity index (χ4n) is 1.77. The Hall–Kier alpha value is -1.25. The van der Waals surface area contributed by atoms with Crippen molar-refractivity contribution in [3.8, 4) is 0 Å². The van der Waals surface area contributed by atoms with Gasteiger partial charge in [-0.05, 0) is 18.4 Å². The van der Waals surface area contributed by atoms with Gasteiger partial charge >= 0.3 is 5.92 Å². The lowest BCUT2D eigenvalue weighted by Gasteiger charge is -2.11. The molecule has 0 radical (unpaired) electrons. The van der Waals surface area contributed by atoms with Crippen LogP contribution in [-0.2, 0) is 6.42 Å². The van der Waals surface area contributed by atoms with Gasteiger partial charge in [0.15, 0.2) is 0 Å². The first kappa shape index (κ1) is 9.31. The molecule has 1 aromatic carbocycles. The van der Waals surface area contributed by atoms with Gasteiger partial charge < -0.3 is 0 Å². The molecule has 14 heavy (non-hydrogen) atoms. The van der Waals surface area contributed by atoms with E-state index in [-0.39, 0.29) is 12.0 Å². The molecule has 0 fully saturated rings. The monoisotopic (exact) mass is 196 g/mol. The lowest BCUT2D eigenvalue weighted by Crippen LogP contribution is -2.27. The maximum Gasteiger partial charge on any atom is 0.309 e. The largest absolute Gasteiger partial charge is 0.309 e. The first-order valence-electron chi connectivity index (χ1n) is 4.62. The van der Waals surface area contributed by atoms with Crippen LogP contribution in [0.4, 0.5) is 8.78 Å². The Morgan fingerprint density at radius 3 is 2.71 bits per heavy atom. The van der Waals surface area contributed by atoms with Gasteiger partial charge in [0.05, 0.1) is 0 Å². The first-order valence-corrected chi connectivity index (χ1v) is 4.62. The highest BCUT2D eigenvalue weighted by Gasteiger charge is 2.41. The van der Waals surface area contributed by atoms with Crippen molar-refractivity contribution in [2.45, 2.75) is 25.2 Å². The topological polar surface area (TPSA) is 17.1 Å². The fraction of sp³-hybridized carbons (Fsp3) is 0.364.